The number of aryl methyl sites for hydroxylation is 1. The van der Waals surface area contributed by atoms with Crippen LogP contribution in [-0.4, -0.2) is 18.2 Å². The van der Waals surface area contributed by atoms with Crippen molar-refractivity contribution in [3.8, 4) is 0 Å². The largest absolute Gasteiger partial charge is 0.356 e. The summed E-state index contributed by atoms with van der Waals surface area (Å²) in [5, 5.41) is 2.77. The highest BCUT2D eigenvalue weighted by molar-refractivity contribution is 6.00. The molecule has 0 saturated carbocycles. The lowest BCUT2D eigenvalue weighted by Gasteiger charge is -2.23. The minimum atomic E-state index is -0.00434. The van der Waals surface area contributed by atoms with Crippen LogP contribution in [0.1, 0.15) is 42.1 Å². The van der Waals surface area contributed by atoms with Crippen molar-refractivity contribution in [2.24, 2.45) is 5.92 Å². The van der Waals surface area contributed by atoms with Crippen LogP contribution in [-0.2, 0) is 11.2 Å². The fraction of sp³-hybridized carbons (Fsp3) is 0.467. The Balaban J connectivity index is 1.89. The number of hydrogen-bond donors (Lipinski definition) is 1. The van der Waals surface area contributed by atoms with Crippen molar-refractivity contribution in [2.45, 2.75) is 32.6 Å². The number of amides is 1. The van der Waals surface area contributed by atoms with Gasteiger partial charge in [0, 0.05) is 24.9 Å². The van der Waals surface area contributed by atoms with Gasteiger partial charge in [0.1, 0.15) is 0 Å². The summed E-state index contributed by atoms with van der Waals surface area (Å²) >= 11 is 0. The second-order valence-electron chi connectivity index (χ2n) is 4.88. The van der Waals surface area contributed by atoms with E-state index in [4.69, 9.17) is 0 Å². The number of carbonyl (C=O) groups is 2. The Kier molecular flexibility index (Phi) is 4.13. The van der Waals surface area contributed by atoms with Crippen LogP contribution in [0.2, 0.25) is 0 Å². The molecule has 0 bridgehead atoms. The molecule has 1 aliphatic rings. The Hall–Kier alpha value is -1.64. The van der Waals surface area contributed by atoms with Crippen LogP contribution in [0.25, 0.3) is 0 Å². The van der Waals surface area contributed by atoms with Crippen LogP contribution in [0, 0.1) is 5.92 Å². The molecule has 0 aromatic heterocycles. The van der Waals surface area contributed by atoms with Gasteiger partial charge in [0.05, 0.1) is 0 Å². The summed E-state index contributed by atoms with van der Waals surface area (Å²) in [6.45, 7) is 2.18. The standard InChI is InChI=1S/C15H19NO2/c1-11(17)16-10-4-6-13-9-8-12-5-2-3-7-14(12)15(13)18/h2-3,5,7,13H,4,6,8-10H2,1H3,(H,16,17). The molecule has 3 nitrogen and oxygen atoms in total. The molecule has 1 N–H and O–H groups in total. The van der Waals surface area contributed by atoms with Crippen molar-refractivity contribution in [1.29, 1.82) is 0 Å². The van der Waals surface area contributed by atoms with Crippen LogP contribution >= 0.6 is 0 Å². The fourth-order valence-corrected chi connectivity index (χ4v) is 2.55. The van der Waals surface area contributed by atoms with E-state index < -0.39 is 0 Å². The Bertz CT molecular complexity index is 454. The summed E-state index contributed by atoms with van der Waals surface area (Å²) in [6, 6.07) is 7.89. The monoisotopic (exact) mass is 245 g/mol. The van der Waals surface area contributed by atoms with E-state index in [-0.39, 0.29) is 17.6 Å². The second kappa shape index (κ2) is 5.80. The minimum Gasteiger partial charge on any atom is -0.356 e. The summed E-state index contributed by atoms with van der Waals surface area (Å²) in [6.07, 6.45) is 3.67. The van der Waals surface area contributed by atoms with Crippen LogP contribution in [0.5, 0.6) is 0 Å². The number of ketones is 1. The van der Waals surface area contributed by atoms with E-state index in [1.54, 1.807) is 0 Å². The van der Waals surface area contributed by atoms with Crippen molar-refractivity contribution in [1.82, 2.24) is 5.32 Å². The number of rotatable bonds is 4. The topological polar surface area (TPSA) is 46.2 Å². The summed E-state index contributed by atoms with van der Waals surface area (Å²) < 4.78 is 0. The highest BCUT2D eigenvalue weighted by atomic mass is 16.1. The Morgan fingerprint density at radius 3 is 2.94 bits per heavy atom. The van der Waals surface area contributed by atoms with Crippen molar-refractivity contribution >= 4 is 11.7 Å². The molecule has 1 aromatic carbocycles. The number of carbonyl (C=O) groups excluding carboxylic acids is 2. The van der Waals surface area contributed by atoms with Crippen molar-refractivity contribution in [3.63, 3.8) is 0 Å². The van der Waals surface area contributed by atoms with Crippen LogP contribution in [0.15, 0.2) is 24.3 Å². The summed E-state index contributed by atoms with van der Waals surface area (Å²) in [5.74, 6) is 0.406. The predicted octanol–water partition coefficient (Wildman–Crippen LogP) is 2.35. The van der Waals surface area contributed by atoms with Gasteiger partial charge in [-0.05, 0) is 31.2 Å². The summed E-state index contributed by atoms with van der Waals surface area (Å²) in [5.41, 5.74) is 2.08. The van der Waals surface area contributed by atoms with Gasteiger partial charge in [0.15, 0.2) is 5.78 Å². The van der Waals surface area contributed by atoms with Crippen LogP contribution in [0.4, 0.5) is 0 Å². The molecule has 0 spiro atoms. The Morgan fingerprint density at radius 1 is 1.39 bits per heavy atom. The second-order valence-corrected chi connectivity index (χ2v) is 4.88. The van der Waals surface area contributed by atoms with E-state index in [1.165, 1.54) is 12.5 Å². The van der Waals surface area contributed by atoms with Gasteiger partial charge in [0.25, 0.3) is 0 Å². The zero-order chi connectivity index (χ0) is 13.0. The van der Waals surface area contributed by atoms with Gasteiger partial charge >= 0.3 is 0 Å². The first kappa shape index (κ1) is 12.8. The van der Waals surface area contributed by atoms with Gasteiger partial charge in [-0.25, -0.2) is 0 Å². The van der Waals surface area contributed by atoms with E-state index in [2.05, 4.69) is 5.32 Å². The first-order valence-electron chi connectivity index (χ1n) is 6.55. The smallest absolute Gasteiger partial charge is 0.216 e. The van der Waals surface area contributed by atoms with Gasteiger partial charge in [-0.3, -0.25) is 9.59 Å². The van der Waals surface area contributed by atoms with E-state index in [1.807, 2.05) is 24.3 Å². The maximum absolute atomic E-state index is 12.3. The van der Waals surface area contributed by atoms with E-state index in [0.29, 0.717) is 6.54 Å². The quantitative estimate of drug-likeness (QED) is 0.828. The number of benzene rings is 1. The third-order valence-corrected chi connectivity index (χ3v) is 3.52. The average Bonchev–Trinajstić information content (AvgIpc) is 2.37. The zero-order valence-corrected chi connectivity index (χ0v) is 10.7. The molecule has 2 rings (SSSR count). The first-order chi connectivity index (χ1) is 8.68. The van der Waals surface area contributed by atoms with Gasteiger partial charge < -0.3 is 5.32 Å². The maximum atomic E-state index is 12.3. The predicted molar refractivity (Wildman–Crippen MR) is 70.5 cm³/mol. The molecule has 0 heterocycles. The lowest BCUT2D eigenvalue weighted by molar-refractivity contribution is -0.118. The van der Waals surface area contributed by atoms with Gasteiger partial charge in [-0.2, -0.15) is 0 Å². The maximum Gasteiger partial charge on any atom is 0.216 e. The van der Waals surface area contributed by atoms with E-state index >= 15 is 0 Å². The molecule has 1 aliphatic carbocycles. The molecule has 0 aliphatic heterocycles. The molecule has 1 atom stereocenters. The molecule has 0 fully saturated rings. The molecule has 0 saturated heterocycles. The highest BCUT2D eigenvalue weighted by Crippen LogP contribution is 2.28. The van der Waals surface area contributed by atoms with Crippen molar-refractivity contribution in [3.05, 3.63) is 35.4 Å². The van der Waals surface area contributed by atoms with Crippen LogP contribution in [0.3, 0.4) is 0 Å². The van der Waals surface area contributed by atoms with E-state index in [0.717, 1.165) is 31.2 Å². The van der Waals surface area contributed by atoms with E-state index in [9.17, 15) is 9.59 Å². The highest BCUT2D eigenvalue weighted by Gasteiger charge is 2.26. The number of hydrogen-bond acceptors (Lipinski definition) is 2. The third kappa shape index (κ3) is 2.97. The first-order valence-corrected chi connectivity index (χ1v) is 6.55. The lowest BCUT2D eigenvalue weighted by Crippen LogP contribution is -2.25. The fourth-order valence-electron chi connectivity index (χ4n) is 2.55. The molecule has 1 aromatic rings. The Morgan fingerprint density at radius 2 is 2.17 bits per heavy atom. The number of nitrogens with one attached hydrogen (secondary N) is 1. The van der Waals surface area contributed by atoms with Crippen molar-refractivity contribution in [2.75, 3.05) is 6.54 Å². The molecule has 96 valence electrons. The molecule has 18 heavy (non-hydrogen) atoms. The SMILES string of the molecule is CC(=O)NCCCC1CCc2ccccc2C1=O. The summed E-state index contributed by atoms with van der Waals surface area (Å²) in [7, 11) is 0. The van der Waals surface area contributed by atoms with Gasteiger partial charge in [0.2, 0.25) is 5.91 Å². The number of fused-ring (bicyclic) bond motifs is 1. The van der Waals surface area contributed by atoms with Gasteiger partial charge in [-0.15, -0.1) is 0 Å². The average molecular weight is 245 g/mol. The minimum absolute atomic E-state index is 0.00434. The lowest BCUT2D eigenvalue weighted by atomic mass is 9.80. The molecule has 1 unspecified atom stereocenters. The normalized spacial score (nSPS) is 18.3. The molecule has 0 radical (unpaired) electrons. The van der Waals surface area contributed by atoms with Gasteiger partial charge in [-0.1, -0.05) is 24.3 Å². The van der Waals surface area contributed by atoms with Crippen molar-refractivity contribution < 1.29 is 9.59 Å². The third-order valence-electron chi connectivity index (χ3n) is 3.52. The zero-order valence-electron chi connectivity index (χ0n) is 10.7. The van der Waals surface area contributed by atoms with Crippen LogP contribution < -0.4 is 5.32 Å². The number of Topliss-reactive ketones (excluding diaryl/α,β-unsaturated/α-hetero) is 1. The summed E-state index contributed by atoms with van der Waals surface area (Å²) in [4.78, 5) is 23.0. The molecule has 3 heteroatoms. The Labute approximate surface area is 108 Å². The molecular formula is C15H19NO2. The molecule has 1 amide bonds. The molecular weight excluding hydrogens is 226 g/mol.